The van der Waals surface area contributed by atoms with Gasteiger partial charge in [-0.3, -0.25) is 4.79 Å². The van der Waals surface area contributed by atoms with Crippen molar-refractivity contribution in [1.29, 1.82) is 0 Å². The topological polar surface area (TPSA) is 63.1 Å². The van der Waals surface area contributed by atoms with Crippen molar-refractivity contribution in [3.8, 4) is 5.75 Å². The quantitative estimate of drug-likeness (QED) is 0.649. The zero-order chi connectivity index (χ0) is 18.5. The Hall–Kier alpha value is -2.60. The summed E-state index contributed by atoms with van der Waals surface area (Å²) >= 11 is 1.42. The van der Waals surface area contributed by atoms with Crippen LogP contribution in [0.5, 0.6) is 5.75 Å². The van der Waals surface area contributed by atoms with Crippen molar-refractivity contribution in [3.05, 3.63) is 65.2 Å². The third kappa shape index (κ3) is 4.52. The molecule has 3 rings (SSSR count). The van der Waals surface area contributed by atoms with Gasteiger partial charge in [-0.2, -0.15) is 5.10 Å². The molecule has 1 atom stereocenters. The van der Waals surface area contributed by atoms with E-state index in [2.05, 4.69) is 34.6 Å². The van der Waals surface area contributed by atoms with E-state index < -0.39 is 0 Å². The highest BCUT2D eigenvalue weighted by Gasteiger charge is 2.30. The average Bonchev–Trinajstić information content (AvgIpc) is 2.99. The first-order chi connectivity index (χ1) is 12.5. The number of rotatable bonds is 5. The first-order valence-electron chi connectivity index (χ1n) is 8.35. The third-order valence-corrected chi connectivity index (χ3v) is 5.15. The van der Waals surface area contributed by atoms with Gasteiger partial charge in [-0.15, -0.1) is 5.10 Å². The van der Waals surface area contributed by atoms with Gasteiger partial charge in [0.15, 0.2) is 5.17 Å². The smallest absolute Gasteiger partial charge is 0.239 e. The summed E-state index contributed by atoms with van der Waals surface area (Å²) in [6.07, 6.45) is 0.679. The third-order valence-electron chi connectivity index (χ3n) is 4.08. The van der Waals surface area contributed by atoms with Crippen LogP contribution in [0.15, 0.2) is 58.7 Å². The van der Waals surface area contributed by atoms with Gasteiger partial charge in [-0.05, 0) is 55.7 Å². The second-order valence-corrected chi connectivity index (χ2v) is 7.30. The van der Waals surface area contributed by atoms with Gasteiger partial charge in [0, 0.05) is 0 Å². The predicted octanol–water partition coefficient (Wildman–Crippen LogP) is 3.56. The summed E-state index contributed by atoms with van der Waals surface area (Å²) in [4.78, 5) is 12.2. The van der Waals surface area contributed by atoms with Crippen LogP contribution in [0, 0.1) is 6.92 Å². The number of methoxy groups -OCH3 is 1. The lowest BCUT2D eigenvalue weighted by atomic mass is 10.1. The number of nitrogens with zero attached hydrogens (tertiary/aromatic N) is 2. The van der Waals surface area contributed by atoms with Crippen LogP contribution in [0.2, 0.25) is 0 Å². The van der Waals surface area contributed by atoms with Crippen LogP contribution in [-0.4, -0.2) is 29.1 Å². The summed E-state index contributed by atoms with van der Waals surface area (Å²) in [6.45, 7) is 3.94. The number of carbonyl (C=O) groups excluding carboxylic acids is 1. The summed E-state index contributed by atoms with van der Waals surface area (Å²) in [6, 6.07) is 15.8. The van der Waals surface area contributed by atoms with E-state index in [9.17, 15) is 4.79 Å². The van der Waals surface area contributed by atoms with Gasteiger partial charge in [-0.1, -0.05) is 41.6 Å². The molecule has 134 valence electrons. The fourth-order valence-electron chi connectivity index (χ4n) is 2.65. The minimum Gasteiger partial charge on any atom is -0.497 e. The van der Waals surface area contributed by atoms with Crippen LogP contribution >= 0.6 is 11.8 Å². The number of carbonyl (C=O) groups is 1. The van der Waals surface area contributed by atoms with Crippen LogP contribution in [0.4, 0.5) is 0 Å². The fourth-order valence-corrected chi connectivity index (χ4v) is 3.61. The molecule has 0 radical (unpaired) electrons. The Morgan fingerprint density at radius 3 is 2.69 bits per heavy atom. The van der Waals surface area contributed by atoms with E-state index in [0.29, 0.717) is 11.6 Å². The Labute approximate surface area is 157 Å². The minimum atomic E-state index is -0.174. The molecule has 1 amide bonds. The molecule has 1 N–H and O–H groups in total. The number of amidine groups is 1. The number of nitrogens with one attached hydrogen (secondary N) is 1. The molecule has 0 bridgehead atoms. The molecule has 2 aromatic carbocycles. The van der Waals surface area contributed by atoms with E-state index in [1.165, 1.54) is 17.3 Å². The first-order valence-corrected chi connectivity index (χ1v) is 9.23. The molecule has 0 saturated carbocycles. The molecule has 5 nitrogen and oxygen atoms in total. The number of hydrogen-bond acceptors (Lipinski definition) is 5. The number of aryl methyl sites for hydroxylation is 1. The predicted molar refractivity (Wildman–Crippen MR) is 107 cm³/mol. The number of ether oxygens (including phenoxy) is 1. The Bertz CT molecular complexity index is 860. The number of thioether (sulfide) groups is 1. The minimum absolute atomic E-state index is 0.0208. The Balaban J connectivity index is 1.67. The largest absolute Gasteiger partial charge is 0.497 e. The van der Waals surface area contributed by atoms with Gasteiger partial charge >= 0.3 is 0 Å². The molecule has 1 aliphatic rings. The Morgan fingerprint density at radius 2 is 2.00 bits per heavy atom. The van der Waals surface area contributed by atoms with Crippen molar-refractivity contribution in [3.63, 3.8) is 0 Å². The molecule has 6 heteroatoms. The standard InChI is InChI=1S/C20H21N3O2S/c1-13-5-4-6-15(11-13)12-18-19(24)21-20(26-18)23-22-14(2)16-7-9-17(25-3)10-8-16/h4-11,18H,12H2,1-3H3,(H,21,23,24)/b22-14+. The zero-order valence-corrected chi connectivity index (χ0v) is 15.8. The normalized spacial score (nSPS) is 18.9. The van der Waals surface area contributed by atoms with E-state index in [0.717, 1.165) is 22.6 Å². The maximum Gasteiger partial charge on any atom is 0.239 e. The van der Waals surface area contributed by atoms with E-state index in [1.54, 1.807) is 7.11 Å². The highest BCUT2D eigenvalue weighted by Crippen LogP contribution is 2.24. The summed E-state index contributed by atoms with van der Waals surface area (Å²) in [5.41, 5.74) is 4.08. The van der Waals surface area contributed by atoms with Crippen LogP contribution < -0.4 is 10.1 Å². The fraction of sp³-hybridized carbons (Fsp3) is 0.250. The molecule has 1 aliphatic heterocycles. The van der Waals surface area contributed by atoms with Crippen LogP contribution in [0.25, 0.3) is 0 Å². The molecule has 0 aromatic heterocycles. The Morgan fingerprint density at radius 1 is 1.23 bits per heavy atom. The SMILES string of the molecule is COc1ccc(/C(C)=N/N=C2\NC(=O)C(Cc3cccc(C)c3)S2)cc1. The summed E-state index contributed by atoms with van der Waals surface area (Å²) in [7, 11) is 1.63. The highest BCUT2D eigenvalue weighted by molar-refractivity contribution is 8.15. The van der Waals surface area contributed by atoms with Gasteiger partial charge < -0.3 is 10.1 Å². The molecule has 0 aliphatic carbocycles. The average molecular weight is 367 g/mol. The molecule has 1 heterocycles. The molecule has 26 heavy (non-hydrogen) atoms. The molecule has 1 fully saturated rings. The van der Waals surface area contributed by atoms with E-state index in [4.69, 9.17) is 4.74 Å². The summed E-state index contributed by atoms with van der Waals surface area (Å²) in [5, 5.41) is 11.6. The van der Waals surface area contributed by atoms with Gasteiger partial charge in [-0.25, -0.2) is 0 Å². The molecular weight excluding hydrogens is 346 g/mol. The van der Waals surface area contributed by atoms with Crippen LogP contribution in [-0.2, 0) is 11.2 Å². The zero-order valence-electron chi connectivity index (χ0n) is 15.0. The first kappa shape index (κ1) is 18.2. The highest BCUT2D eigenvalue weighted by atomic mass is 32.2. The van der Waals surface area contributed by atoms with Crippen molar-refractivity contribution < 1.29 is 9.53 Å². The van der Waals surface area contributed by atoms with Gasteiger partial charge in [0.25, 0.3) is 0 Å². The number of amides is 1. The van der Waals surface area contributed by atoms with E-state index in [1.807, 2.05) is 43.3 Å². The Kier molecular flexibility index (Phi) is 5.73. The molecular formula is C20H21N3O2S. The summed E-state index contributed by atoms with van der Waals surface area (Å²) in [5.74, 6) is 0.776. The van der Waals surface area contributed by atoms with E-state index >= 15 is 0 Å². The molecule has 2 aromatic rings. The van der Waals surface area contributed by atoms with Crippen molar-refractivity contribution >= 4 is 28.5 Å². The lowest BCUT2D eigenvalue weighted by Crippen LogP contribution is -2.26. The second kappa shape index (κ2) is 8.19. The lowest BCUT2D eigenvalue weighted by Gasteiger charge is -2.05. The monoisotopic (exact) mass is 367 g/mol. The summed E-state index contributed by atoms with van der Waals surface area (Å²) < 4.78 is 5.15. The van der Waals surface area contributed by atoms with Crippen LogP contribution in [0.3, 0.4) is 0 Å². The second-order valence-electron chi connectivity index (χ2n) is 6.11. The number of benzene rings is 2. The van der Waals surface area contributed by atoms with Crippen molar-refractivity contribution in [2.75, 3.05) is 7.11 Å². The number of hydrogen-bond donors (Lipinski definition) is 1. The van der Waals surface area contributed by atoms with Gasteiger partial charge in [0.05, 0.1) is 18.1 Å². The van der Waals surface area contributed by atoms with Crippen LogP contribution in [0.1, 0.15) is 23.6 Å². The van der Waals surface area contributed by atoms with Crippen molar-refractivity contribution in [1.82, 2.24) is 5.32 Å². The lowest BCUT2D eigenvalue weighted by molar-refractivity contribution is -0.118. The maximum absolute atomic E-state index is 12.2. The molecule has 1 saturated heterocycles. The van der Waals surface area contributed by atoms with E-state index in [-0.39, 0.29) is 11.2 Å². The molecule has 0 spiro atoms. The van der Waals surface area contributed by atoms with Gasteiger partial charge in [0.2, 0.25) is 5.91 Å². The molecule has 1 unspecified atom stereocenters. The van der Waals surface area contributed by atoms with Crippen molar-refractivity contribution in [2.45, 2.75) is 25.5 Å². The van der Waals surface area contributed by atoms with Crippen molar-refractivity contribution in [2.24, 2.45) is 10.2 Å². The van der Waals surface area contributed by atoms with Gasteiger partial charge in [0.1, 0.15) is 5.75 Å². The maximum atomic E-state index is 12.2.